The van der Waals surface area contributed by atoms with Crippen molar-refractivity contribution < 1.29 is 19.1 Å². The fraction of sp³-hybridized carbons (Fsp3) is 0.484. The van der Waals surface area contributed by atoms with E-state index < -0.39 is 6.04 Å². The molecule has 7 nitrogen and oxygen atoms in total. The summed E-state index contributed by atoms with van der Waals surface area (Å²) in [5.74, 6) is 1.72. The maximum absolute atomic E-state index is 13.1. The lowest BCUT2D eigenvalue weighted by atomic mass is 10.1. The minimum atomic E-state index is -0.455. The van der Waals surface area contributed by atoms with E-state index in [9.17, 15) is 9.59 Å². The fourth-order valence-electron chi connectivity index (χ4n) is 4.96. The number of nitrogens with zero attached hydrogens (tertiary/aromatic N) is 3. The fourth-order valence-corrected chi connectivity index (χ4v) is 5.91. The number of allylic oxidation sites excluding steroid dienone is 1. The molecule has 1 aromatic carbocycles. The maximum Gasteiger partial charge on any atom is 0.223 e. The second-order valence-electron chi connectivity index (χ2n) is 10.5. The van der Waals surface area contributed by atoms with Gasteiger partial charge >= 0.3 is 0 Å². The molecule has 0 unspecified atom stereocenters. The molecule has 1 saturated heterocycles. The Morgan fingerprint density at radius 1 is 1.18 bits per heavy atom. The molecule has 0 spiro atoms. The molecule has 1 amide bonds. The van der Waals surface area contributed by atoms with Crippen LogP contribution < -0.4 is 9.47 Å². The lowest BCUT2D eigenvalue weighted by molar-refractivity contribution is -0.137. The summed E-state index contributed by atoms with van der Waals surface area (Å²) in [5.41, 5.74) is 2.50. The second-order valence-corrected chi connectivity index (χ2v) is 11.4. The Labute approximate surface area is 235 Å². The third-order valence-electron chi connectivity index (χ3n) is 7.21. The van der Waals surface area contributed by atoms with Gasteiger partial charge in [-0.3, -0.25) is 9.59 Å². The van der Waals surface area contributed by atoms with Crippen LogP contribution in [0.4, 0.5) is 0 Å². The highest BCUT2D eigenvalue weighted by molar-refractivity contribution is 7.13. The zero-order valence-corrected chi connectivity index (χ0v) is 24.3. The van der Waals surface area contributed by atoms with Crippen LogP contribution in [0.25, 0.3) is 21.6 Å². The standard InChI is InChI=1S/C31H39N3O4S/c1-6-7-8-9-10-11-12-30(36)34-18-23(16-28(34)21(4)35)38-29-17-26(31-33-27(19-39-31)20(2)3)32-25-15-22(37-5)13-14-24(25)29/h6,13-15,17,19-20,23,28H,1,7-12,16,18H2,2-5H3/t23-,28+/m1/s1. The number of aromatic nitrogens is 2. The van der Waals surface area contributed by atoms with Gasteiger partial charge in [-0.25, -0.2) is 9.97 Å². The van der Waals surface area contributed by atoms with Crippen LogP contribution in [0.15, 0.2) is 42.3 Å². The topological polar surface area (TPSA) is 81.6 Å². The third kappa shape index (κ3) is 7.04. The first-order chi connectivity index (χ1) is 18.8. The summed E-state index contributed by atoms with van der Waals surface area (Å²) in [6.45, 7) is 9.95. The highest BCUT2D eigenvalue weighted by Gasteiger charge is 2.39. The molecule has 3 aromatic rings. The normalized spacial score (nSPS) is 17.1. The van der Waals surface area contributed by atoms with Gasteiger partial charge in [-0.15, -0.1) is 17.9 Å². The zero-order valence-electron chi connectivity index (χ0n) is 23.4. The summed E-state index contributed by atoms with van der Waals surface area (Å²) in [4.78, 5) is 37.0. The van der Waals surface area contributed by atoms with Crippen molar-refractivity contribution in [2.45, 2.75) is 83.8 Å². The van der Waals surface area contributed by atoms with Crippen molar-refractivity contribution in [2.24, 2.45) is 0 Å². The van der Waals surface area contributed by atoms with E-state index in [4.69, 9.17) is 19.4 Å². The first-order valence-electron chi connectivity index (χ1n) is 13.8. The minimum absolute atomic E-state index is 0.00514. The van der Waals surface area contributed by atoms with Crippen molar-refractivity contribution >= 4 is 33.9 Å². The van der Waals surface area contributed by atoms with Gasteiger partial charge in [0.2, 0.25) is 5.91 Å². The van der Waals surface area contributed by atoms with E-state index in [2.05, 4.69) is 25.8 Å². The summed E-state index contributed by atoms with van der Waals surface area (Å²) in [5, 5.41) is 3.74. The summed E-state index contributed by atoms with van der Waals surface area (Å²) >= 11 is 1.56. The molecule has 8 heteroatoms. The molecule has 1 aliphatic rings. The van der Waals surface area contributed by atoms with Gasteiger partial charge in [-0.1, -0.05) is 32.8 Å². The molecule has 2 aromatic heterocycles. The van der Waals surface area contributed by atoms with Crippen LogP contribution in [0, 0.1) is 0 Å². The Balaban J connectivity index is 1.55. The largest absolute Gasteiger partial charge is 0.497 e. The van der Waals surface area contributed by atoms with E-state index in [1.807, 2.05) is 30.3 Å². The van der Waals surface area contributed by atoms with E-state index in [1.165, 1.54) is 0 Å². The molecule has 3 heterocycles. The van der Waals surface area contributed by atoms with Crippen LogP contribution in [-0.4, -0.2) is 52.4 Å². The lowest BCUT2D eigenvalue weighted by Crippen LogP contribution is -2.39. The van der Waals surface area contributed by atoms with Gasteiger partial charge < -0.3 is 14.4 Å². The molecule has 0 N–H and O–H groups in total. The van der Waals surface area contributed by atoms with Crippen LogP contribution in [0.1, 0.15) is 77.3 Å². The molecule has 39 heavy (non-hydrogen) atoms. The zero-order chi connectivity index (χ0) is 27.9. The molecular weight excluding hydrogens is 510 g/mol. The highest BCUT2D eigenvalue weighted by Crippen LogP contribution is 2.36. The maximum atomic E-state index is 13.1. The van der Waals surface area contributed by atoms with Crippen molar-refractivity contribution in [3.63, 3.8) is 0 Å². The lowest BCUT2D eigenvalue weighted by Gasteiger charge is -2.22. The number of likely N-dealkylation sites (tertiary alicyclic amines) is 1. The number of methoxy groups -OCH3 is 1. The molecule has 0 bridgehead atoms. The minimum Gasteiger partial charge on any atom is -0.497 e. The smallest absolute Gasteiger partial charge is 0.223 e. The number of rotatable bonds is 13. The van der Waals surface area contributed by atoms with Gasteiger partial charge in [0.25, 0.3) is 0 Å². The van der Waals surface area contributed by atoms with Crippen molar-refractivity contribution in [1.29, 1.82) is 0 Å². The van der Waals surface area contributed by atoms with Crippen LogP contribution in [0.3, 0.4) is 0 Å². The summed E-state index contributed by atoms with van der Waals surface area (Å²) < 4.78 is 12.0. The average Bonchev–Trinajstić information content (AvgIpc) is 3.58. The van der Waals surface area contributed by atoms with Crippen molar-refractivity contribution in [3.05, 3.63) is 48.0 Å². The molecule has 208 valence electrons. The summed E-state index contributed by atoms with van der Waals surface area (Å²) in [6.07, 6.45) is 7.58. The number of hydrogen-bond donors (Lipinski definition) is 0. The number of hydrogen-bond acceptors (Lipinski definition) is 7. The van der Waals surface area contributed by atoms with Gasteiger partial charge in [-0.05, 0) is 44.2 Å². The monoisotopic (exact) mass is 549 g/mol. The Hall–Kier alpha value is -3.26. The van der Waals surface area contributed by atoms with E-state index in [1.54, 1.807) is 30.3 Å². The molecule has 2 atom stereocenters. The van der Waals surface area contributed by atoms with Crippen molar-refractivity contribution in [2.75, 3.05) is 13.7 Å². The van der Waals surface area contributed by atoms with E-state index in [-0.39, 0.29) is 17.8 Å². The Morgan fingerprint density at radius 2 is 1.97 bits per heavy atom. The van der Waals surface area contributed by atoms with Gasteiger partial charge in [0, 0.05) is 35.7 Å². The first kappa shape index (κ1) is 28.7. The molecule has 0 aliphatic carbocycles. The van der Waals surface area contributed by atoms with E-state index in [0.717, 1.165) is 59.4 Å². The Kier molecular flexibility index (Phi) is 9.73. The number of pyridine rings is 1. The molecular formula is C31H39N3O4S. The number of carbonyl (C=O) groups excluding carboxylic acids is 2. The van der Waals surface area contributed by atoms with Gasteiger partial charge in [0.1, 0.15) is 28.3 Å². The van der Waals surface area contributed by atoms with Crippen LogP contribution >= 0.6 is 11.3 Å². The quantitative estimate of drug-likeness (QED) is 0.169. The van der Waals surface area contributed by atoms with Gasteiger partial charge in [0.15, 0.2) is 5.78 Å². The molecule has 4 rings (SSSR count). The van der Waals surface area contributed by atoms with E-state index in [0.29, 0.717) is 36.8 Å². The summed E-state index contributed by atoms with van der Waals surface area (Å²) in [6, 6.07) is 7.18. The SMILES string of the molecule is C=CCCCCCCC(=O)N1C[C@H](Oc2cc(-c3nc(C(C)C)cs3)nc3cc(OC)ccc23)C[C@H]1C(C)=O. The number of ketones is 1. The molecule has 1 aliphatic heterocycles. The predicted molar refractivity (Wildman–Crippen MR) is 157 cm³/mol. The number of benzene rings is 1. The number of unbranched alkanes of at least 4 members (excludes halogenated alkanes) is 4. The molecule has 0 radical (unpaired) electrons. The number of carbonyl (C=O) groups is 2. The number of thiazole rings is 1. The Bertz CT molecular complexity index is 1320. The highest BCUT2D eigenvalue weighted by atomic mass is 32.1. The van der Waals surface area contributed by atoms with E-state index >= 15 is 0 Å². The first-order valence-corrected chi connectivity index (χ1v) is 14.7. The average molecular weight is 550 g/mol. The van der Waals surface area contributed by atoms with Gasteiger partial charge in [-0.2, -0.15) is 0 Å². The van der Waals surface area contributed by atoms with Gasteiger partial charge in [0.05, 0.1) is 30.9 Å². The molecule has 1 fully saturated rings. The summed E-state index contributed by atoms with van der Waals surface area (Å²) in [7, 11) is 1.63. The van der Waals surface area contributed by atoms with Crippen LogP contribution in [0.5, 0.6) is 11.5 Å². The second kappa shape index (κ2) is 13.2. The van der Waals surface area contributed by atoms with Crippen molar-refractivity contribution in [1.82, 2.24) is 14.9 Å². The molecule has 0 saturated carbocycles. The van der Waals surface area contributed by atoms with Crippen molar-refractivity contribution in [3.8, 4) is 22.2 Å². The predicted octanol–water partition coefficient (Wildman–Crippen LogP) is 6.95. The third-order valence-corrected chi connectivity index (χ3v) is 8.09. The number of ether oxygens (including phenoxy) is 2. The number of fused-ring (bicyclic) bond motifs is 1. The number of Topliss-reactive ketones (excluding diaryl/α,β-unsaturated/α-hetero) is 1. The number of amides is 1. The van der Waals surface area contributed by atoms with Crippen LogP contribution in [-0.2, 0) is 9.59 Å². The Morgan fingerprint density at radius 3 is 2.67 bits per heavy atom. The van der Waals surface area contributed by atoms with Crippen LogP contribution in [0.2, 0.25) is 0 Å².